The molecular formula is C12H16N2O2S. The number of carboxylic acids is 1. The number of carboxylic acid groups (broad SMARTS) is 1. The summed E-state index contributed by atoms with van der Waals surface area (Å²) < 4.78 is 0. The highest BCUT2D eigenvalue weighted by Crippen LogP contribution is 2.29. The average Bonchev–Trinajstić information content (AvgIpc) is 2.76. The van der Waals surface area contributed by atoms with Gasteiger partial charge in [-0.15, -0.1) is 11.3 Å². The summed E-state index contributed by atoms with van der Waals surface area (Å²) in [5.74, 6) is -0.387. The fraction of sp³-hybridized carbons (Fsp3) is 0.500. The van der Waals surface area contributed by atoms with E-state index in [1.807, 2.05) is 5.38 Å². The number of aromatic nitrogens is 1. The molecule has 0 bridgehead atoms. The van der Waals surface area contributed by atoms with E-state index in [0.717, 1.165) is 42.7 Å². The van der Waals surface area contributed by atoms with Gasteiger partial charge in [-0.3, -0.25) is 0 Å². The summed E-state index contributed by atoms with van der Waals surface area (Å²) in [6, 6.07) is 0. The first-order chi connectivity index (χ1) is 8.15. The maximum atomic E-state index is 10.4. The first-order valence-corrected chi connectivity index (χ1v) is 6.58. The number of hydrogen-bond donors (Lipinski definition) is 1. The number of nitrogens with zero attached hydrogens (tertiary/aromatic N) is 2. The lowest BCUT2D eigenvalue weighted by Gasteiger charge is -2.27. The first kappa shape index (κ1) is 12.3. The van der Waals surface area contributed by atoms with Gasteiger partial charge >= 0.3 is 5.97 Å². The summed E-state index contributed by atoms with van der Waals surface area (Å²) >= 11 is 1.64. The molecule has 1 saturated heterocycles. The Labute approximate surface area is 105 Å². The third-order valence-electron chi connectivity index (χ3n) is 3.00. The fourth-order valence-electron chi connectivity index (χ4n) is 1.98. The minimum atomic E-state index is -0.932. The number of likely N-dealkylation sites (tertiary alicyclic amines) is 1. The maximum absolute atomic E-state index is 10.4. The van der Waals surface area contributed by atoms with Gasteiger partial charge in [0.05, 0.1) is 10.7 Å². The van der Waals surface area contributed by atoms with E-state index >= 15 is 0 Å². The van der Waals surface area contributed by atoms with Gasteiger partial charge in [-0.25, -0.2) is 9.78 Å². The summed E-state index contributed by atoms with van der Waals surface area (Å²) in [7, 11) is 2.14. The van der Waals surface area contributed by atoms with Crippen LogP contribution in [0.3, 0.4) is 0 Å². The van der Waals surface area contributed by atoms with E-state index < -0.39 is 5.97 Å². The van der Waals surface area contributed by atoms with Crippen LogP contribution in [0, 0.1) is 0 Å². The van der Waals surface area contributed by atoms with Crippen molar-refractivity contribution >= 4 is 23.4 Å². The molecule has 0 amide bonds. The van der Waals surface area contributed by atoms with E-state index in [-0.39, 0.29) is 0 Å². The Balaban J connectivity index is 2.00. The van der Waals surface area contributed by atoms with Crippen LogP contribution < -0.4 is 0 Å². The second-order valence-electron chi connectivity index (χ2n) is 4.36. The van der Waals surface area contributed by atoms with Crippen molar-refractivity contribution in [1.29, 1.82) is 0 Å². The van der Waals surface area contributed by atoms with E-state index in [1.165, 1.54) is 0 Å². The van der Waals surface area contributed by atoms with E-state index in [0.29, 0.717) is 5.92 Å². The average molecular weight is 252 g/mol. The molecule has 1 fully saturated rings. The second-order valence-corrected chi connectivity index (χ2v) is 5.25. The standard InChI is InChI=1S/C12H16N2O2S/c1-14-6-4-9(5-7-14)12-13-10(8-17-12)2-3-11(15)16/h2-3,8-9H,4-7H2,1H3,(H,15,16)/b3-2+. The van der Waals surface area contributed by atoms with Crippen molar-refractivity contribution < 1.29 is 9.90 Å². The maximum Gasteiger partial charge on any atom is 0.328 e. The number of thiazole rings is 1. The summed E-state index contributed by atoms with van der Waals surface area (Å²) in [6.07, 6.45) is 4.98. The minimum Gasteiger partial charge on any atom is -0.478 e. The van der Waals surface area contributed by atoms with Crippen molar-refractivity contribution in [2.24, 2.45) is 0 Å². The zero-order valence-corrected chi connectivity index (χ0v) is 10.6. The van der Waals surface area contributed by atoms with Gasteiger partial charge in [-0.1, -0.05) is 0 Å². The van der Waals surface area contributed by atoms with Crippen LogP contribution in [0.5, 0.6) is 0 Å². The zero-order valence-electron chi connectivity index (χ0n) is 9.80. The molecule has 1 aromatic rings. The van der Waals surface area contributed by atoms with Crippen molar-refractivity contribution in [1.82, 2.24) is 9.88 Å². The molecule has 1 N–H and O–H groups in total. The van der Waals surface area contributed by atoms with E-state index in [1.54, 1.807) is 17.4 Å². The van der Waals surface area contributed by atoms with Crippen molar-refractivity contribution in [2.45, 2.75) is 18.8 Å². The third-order valence-corrected chi connectivity index (χ3v) is 4.03. The van der Waals surface area contributed by atoms with Crippen molar-refractivity contribution in [3.05, 3.63) is 22.2 Å². The minimum absolute atomic E-state index is 0.545. The number of carbonyl (C=O) groups is 1. The van der Waals surface area contributed by atoms with Crippen LogP contribution >= 0.6 is 11.3 Å². The quantitative estimate of drug-likeness (QED) is 0.837. The third kappa shape index (κ3) is 3.38. The smallest absolute Gasteiger partial charge is 0.328 e. The van der Waals surface area contributed by atoms with Crippen molar-refractivity contribution in [2.75, 3.05) is 20.1 Å². The molecule has 0 saturated carbocycles. The number of rotatable bonds is 3. The summed E-state index contributed by atoms with van der Waals surface area (Å²) in [5.41, 5.74) is 0.756. The SMILES string of the molecule is CN1CCC(c2nc(/C=C/C(=O)O)cs2)CC1. The monoisotopic (exact) mass is 252 g/mol. The van der Waals surface area contributed by atoms with Gasteiger partial charge in [-0.2, -0.15) is 0 Å². The highest BCUT2D eigenvalue weighted by molar-refractivity contribution is 7.09. The number of aliphatic carboxylic acids is 1. The zero-order chi connectivity index (χ0) is 12.3. The molecule has 2 rings (SSSR count). The molecule has 4 nitrogen and oxygen atoms in total. The molecule has 0 aliphatic carbocycles. The predicted molar refractivity (Wildman–Crippen MR) is 68.3 cm³/mol. The Bertz CT molecular complexity index is 420. The van der Waals surface area contributed by atoms with Gasteiger partial charge in [0.1, 0.15) is 0 Å². The molecule has 5 heteroatoms. The molecule has 1 aliphatic rings. The van der Waals surface area contributed by atoms with Gasteiger partial charge in [0.2, 0.25) is 0 Å². The van der Waals surface area contributed by atoms with Gasteiger partial charge in [0.15, 0.2) is 0 Å². The molecule has 2 heterocycles. The Morgan fingerprint density at radius 2 is 2.29 bits per heavy atom. The Hall–Kier alpha value is -1.20. The number of hydrogen-bond acceptors (Lipinski definition) is 4. The largest absolute Gasteiger partial charge is 0.478 e. The molecule has 92 valence electrons. The van der Waals surface area contributed by atoms with Gasteiger partial charge in [-0.05, 0) is 39.1 Å². The topological polar surface area (TPSA) is 53.4 Å². The molecular weight excluding hydrogens is 236 g/mol. The lowest BCUT2D eigenvalue weighted by molar-refractivity contribution is -0.131. The molecule has 0 aromatic carbocycles. The van der Waals surface area contributed by atoms with Gasteiger partial charge < -0.3 is 10.0 Å². The van der Waals surface area contributed by atoms with Gasteiger partial charge in [0.25, 0.3) is 0 Å². The van der Waals surface area contributed by atoms with Crippen LogP contribution in [-0.2, 0) is 4.79 Å². The fourth-order valence-corrected chi connectivity index (χ4v) is 2.94. The van der Waals surface area contributed by atoms with Crippen LogP contribution in [-0.4, -0.2) is 41.1 Å². The summed E-state index contributed by atoms with van der Waals surface area (Å²) in [5, 5.41) is 11.6. The highest BCUT2D eigenvalue weighted by Gasteiger charge is 2.20. The van der Waals surface area contributed by atoms with E-state index in [2.05, 4.69) is 16.9 Å². The lowest BCUT2D eigenvalue weighted by Crippen LogP contribution is -2.29. The first-order valence-electron chi connectivity index (χ1n) is 5.70. The normalized spacial score (nSPS) is 18.9. The van der Waals surface area contributed by atoms with Crippen molar-refractivity contribution in [3.63, 3.8) is 0 Å². The molecule has 0 radical (unpaired) electrons. The van der Waals surface area contributed by atoms with Crippen molar-refractivity contribution in [3.8, 4) is 0 Å². The highest BCUT2D eigenvalue weighted by atomic mass is 32.1. The second kappa shape index (κ2) is 5.42. The Kier molecular flexibility index (Phi) is 3.91. The molecule has 0 atom stereocenters. The predicted octanol–water partition coefficient (Wildman–Crippen LogP) is 2.05. The molecule has 0 unspecified atom stereocenters. The van der Waals surface area contributed by atoms with E-state index in [9.17, 15) is 4.79 Å². The van der Waals surface area contributed by atoms with Gasteiger partial charge in [0, 0.05) is 17.4 Å². The molecule has 17 heavy (non-hydrogen) atoms. The van der Waals surface area contributed by atoms with E-state index in [4.69, 9.17) is 5.11 Å². The summed E-state index contributed by atoms with van der Waals surface area (Å²) in [4.78, 5) is 17.2. The van der Waals surface area contributed by atoms with Crippen LogP contribution in [0.4, 0.5) is 0 Å². The molecule has 1 aromatic heterocycles. The summed E-state index contributed by atoms with van der Waals surface area (Å²) in [6.45, 7) is 2.23. The molecule has 1 aliphatic heterocycles. The Morgan fingerprint density at radius 1 is 1.59 bits per heavy atom. The van der Waals surface area contributed by atoms with Crippen LogP contribution in [0.15, 0.2) is 11.5 Å². The lowest BCUT2D eigenvalue weighted by atomic mass is 9.98. The van der Waals surface area contributed by atoms with Crippen LogP contribution in [0.25, 0.3) is 6.08 Å². The van der Waals surface area contributed by atoms with Crippen LogP contribution in [0.1, 0.15) is 29.5 Å². The Morgan fingerprint density at radius 3 is 2.94 bits per heavy atom. The molecule has 0 spiro atoms. The number of piperidine rings is 1. The van der Waals surface area contributed by atoms with Crippen LogP contribution in [0.2, 0.25) is 0 Å².